The van der Waals surface area contributed by atoms with Gasteiger partial charge in [0.1, 0.15) is 0 Å². The molecule has 4 aromatic rings. The predicted molar refractivity (Wildman–Crippen MR) is 96.3 cm³/mol. The molecule has 2 heterocycles. The van der Waals surface area contributed by atoms with Gasteiger partial charge in [-0.3, -0.25) is 13.7 Å². The smallest absolute Gasteiger partial charge is 0.268 e. The fourth-order valence-corrected chi connectivity index (χ4v) is 4.10. The summed E-state index contributed by atoms with van der Waals surface area (Å²) in [7, 11) is 0. The lowest BCUT2D eigenvalue weighted by molar-refractivity contribution is 0.447. The van der Waals surface area contributed by atoms with Crippen LogP contribution in [0.4, 0.5) is 0 Å². The molecule has 0 radical (unpaired) electrons. The third-order valence-electron chi connectivity index (χ3n) is 4.28. The van der Waals surface area contributed by atoms with E-state index in [1.165, 1.54) is 11.5 Å². The minimum Gasteiger partial charge on any atom is -0.268 e. The highest BCUT2D eigenvalue weighted by atomic mass is 32.1. The molecule has 0 N–H and O–H groups in total. The maximum Gasteiger partial charge on any atom is 0.270 e. The molecule has 4 rings (SSSR count). The van der Waals surface area contributed by atoms with E-state index >= 15 is 0 Å². The maximum absolute atomic E-state index is 13.1. The first-order valence-corrected chi connectivity index (χ1v) is 8.32. The summed E-state index contributed by atoms with van der Waals surface area (Å²) in [5.74, 6) is 0. The van der Waals surface area contributed by atoms with Gasteiger partial charge in [-0.2, -0.15) is 0 Å². The summed E-state index contributed by atoms with van der Waals surface area (Å²) in [4.78, 5) is 17.6. The Bertz CT molecular complexity index is 1060. The number of hydrogen-bond donors (Lipinski definition) is 0. The molecule has 3 nitrogen and oxygen atoms in total. The number of aromatic nitrogens is 2. The zero-order valence-corrected chi connectivity index (χ0v) is 13.8. The number of nitrogens with zero attached hydrogens (tertiary/aromatic N) is 2. The van der Waals surface area contributed by atoms with Crippen molar-refractivity contribution in [1.29, 1.82) is 0 Å². The first-order valence-electron chi connectivity index (χ1n) is 7.55. The van der Waals surface area contributed by atoms with Crippen molar-refractivity contribution in [3.63, 3.8) is 0 Å². The lowest BCUT2D eigenvalue weighted by Crippen LogP contribution is -2.34. The van der Waals surface area contributed by atoms with E-state index in [9.17, 15) is 4.79 Å². The van der Waals surface area contributed by atoms with Gasteiger partial charge in [0.05, 0.1) is 21.3 Å². The van der Waals surface area contributed by atoms with Crippen molar-refractivity contribution in [2.45, 2.75) is 19.4 Å². The second-order valence-electron chi connectivity index (χ2n) is 6.12. The van der Waals surface area contributed by atoms with Crippen LogP contribution in [-0.2, 0) is 5.54 Å². The average Bonchev–Trinajstić information content (AvgIpc) is 2.94. The molecular formula is C19H16N2OS. The van der Waals surface area contributed by atoms with E-state index in [1.807, 2.05) is 66.3 Å². The highest BCUT2D eigenvalue weighted by Crippen LogP contribution is 2.31. The Morgan fingerprint density at radius 1 is 1.00 bits per heavy atom. The Kier molecular flexibility index (Phi) is 3.10. The summed E-state index contributed by atoms with van der Waals surface area (Å²) in [6.45, 7) is 4.07. The third-order valence-corrected chi connectivity index (χ3v) is 5.62. The van der Waals surface area contributed by atoms with Crippen molar-refractivity contribution in [3.8, 4) is 0 Å². The van der Waals surface area contributed by atoms with Gasteiger partial charge in [-0.25, -0.2) is 0 Å². The number of hydrogen-bond acceptors (Lipinski definition) is 3. The van der Waals surface area contributed by atoms with Gasteiger partial charge < -0.3 is 0 Å². The summed E-state index contributed by atoms with van der Waals surface area (Å²) >= 11 is 1.50. The molecule has 0 aliphatic heterocycles. The molecule has 2 aromatic heterocycles. The zero-order valence-electron chi connectivity index (χ0n) is 13.0. The molecule has 114 valence electrons. The Balaban J connectivity index is 2.04. The summed E-state index contributed by atoms with van der Waals surface area (Å²) < 4.78 is 2.85. The average molecular weight is 320 g/mol. The van der Waals surface area contributed by atoms with Crippen molar-refractivity contribution in [1.82, 2.24) is 8.94 Å². The quantitative estimate of drug-likeness (QED) is 0.549. The van der Waals surface area contributed by atoms with Gasteiger partial charge in [0.2, 0.25) is 0 Å². The molecule has 0 aliphatic rings. The number of pyridine rings is 1. The van der Waals surface area contributed by atoms with Gasteiger partial charge in [0.15, 0.2) is 0 Å². The van der Waals surface area contributed by atoms with Crippen LogP contribution >= 0.6 is 11.5 Å². The van der Waals surface area contributed by atoms with Crippen molar-refractivity contribution in [2.75, 3.05) is 0 Å². The van der Waals surface area contributed by atoms with Crippen LogP contribution in [0.15, 0.2) is 65.6 Å². The van der Waals surface area contributed by atoms with Crippen LogP contribution in [0.1, 0.15) is 19.5 Å². The highest BCUT2D eigenvalue weighted by Gasteiger charge is 2.28. The van der Waals surface area contributed by atoms with Crippen LogP contribution in [0.5, 0.6) is 0 Å². The summed E-state index contributed by atoms with van der Waals surface area (Å²) in [5, 5.41) is 2.91. The van der Waals surface area contributed by atoms with E-state index in [4.69, 9.17) is 0 Å². The Morgan fingerprint density at radius 3 is 2.57 bits per heavy atom. The van der Waals surface area contributed by atoms with Crippen molar-refractivity contribution in [2.24, 2.45) is 0 Å². The molecule has 0 saturated heterocycles. The molecule has 0 fully saturated rings. The van der Waals surface area contributed by atoms with E-state index in [1.54, 1.807) is 6.20 Å². The summed E-state index contributed by atoms with van der Waals surface area (Å²) in [6.07, 6.45) is 1.77. The van der Waals surface area contributed by atoms with E-state index < -0.39 is 5.54 Å². The first-order chi connectivity index (χ1) is 11.1. The van der Waals surface area contributed by atoms with Crippen molar-refractivity contribution < 1.29 is 0 Å². The molecule has 0 unspecified atom stereocenters. The molecule has 4 heteroatoms. The van der Waals surface area contributed by atoms with Gasteiger partial charge in [-0.1, -0.05) is 47.9 Å². The fraction of sp³-hybridized carbons (Fsp3) is 0.158. The third kappa shape index (κ3) is 2.10. The normalized spacial score (nSPS) is 12.1. The van der Waals surface area contributed by atoms with Crippen molar-refractivity contribution in [3.05, 3.63) is 76.8 Å². The topological polar surface area (TPSA) is 34.9 Å². The second kappa shape index (κ2) is 5.03. The molecule has 23 heavy (non-hydrogen) atoms. The van der Waals surface area contributed by atoms with Crippen molar-refractivity contribution >= 4 is 32.4 Å². The summed E-state index contributed by atoms with van der Waals surface area (Å²) in [5.41, 5.74) is 0.457. The largest absolute Gasteiger partial charge is 0.270 e. The Morgan fingerprint density at radius 2 is 1.78 bits per heavy atom. The maximum atomic E-state index is 13.1. The van der Waals surface area contributed by atoms with E-state index in [-0.39, 0.29) is 5.56 Å². The SMILES string of the molecule is CC(C)(c1ccccn1)n1sc2ccc3ccccc3c2c1=O. The van der Waals surface area contributed by atoms with Gasteiger partial charge in [0.25, 0.3) is 5.56 Å². The molecule has 0 aliphatic carbocycles. The molecule has 0 spiro atoms. The first kappa shape index (κ1) is 14.2. The van der Waals surface area contributed by atoms with Crippen LogP contribution in [-0.4, -0.2) is 8.94 Å². The lowest BCUT2D eigenvalue weighted by atomic mass is 10.0. The number of benzene rings is 2. The summed E-state index contributed by atoms with van der Waals surface area (Å²) in [6, 6.07) is 18.0. The molecular weight excluding hydrogens is 304 g/mol. The van der Waals surface area contributed by atoms with Crippen LogP contribution in [0, 0.1) is 0 Å². The van der Waals surface area contributed by atoms with Gasteiger partial charge in [-0.15, -0.1) is 0 Å². The molecule has 0 bridgehead atoms. The van der Waals surface area contributed by atoms with Crippen LogP contribution in [0.3, 0.4) is 0 Å². The van der Waals surface area contributed by atoms with Crippen LogP contribution in [0.2, 0.25) is 0 Å². The minimum absolute atomic E-state index is 0.0532. The van der Waals surface area contributed by atoms with E-state index in [0.717, 1.165) is 26.6 Å². The van der Waals surface area contributed by atoms with Gasteiger partial charge in [0, 0.05) is 6.20 Å². The van der Waals surface area contributed by atoms with E-state index in [0.29, 0.717) is 0 Å². The van der Waals surface area contributed by atoms with Gasteiger partial charge in [-0.05, 0) is 42.8 Å². The Labute approximate surface area is 138 Å². The second-order valence-corrected chi connectivity index (χ2v) is 7.11. The fourth-order valence-electron chi connectivity index (χ4n) is 2.99. The molecule has 0 saturated carbocycles. The van der Waals surface area contributed by atoms with Crippen LogP contribution < -0.4 is 5.56 Å². The molecule has 0 atom stereocenters. The monoisotopic (exact) mass is 320 g/mol. The molecule has 0 amide bonds. The van der Waals surface area contributed by atoms with E-state index in [2.05, 4.69) is 11.1 Å². The minimum atomic E-state index is -0.483. The zero-order chi connectivity index (χ0) is 16.0. The Hall–Kier alpha value is -2.46. The number of fused-ring (bicyclic) bond motifs is 3. The highest BCUT2D eigenvalue weighted by molar-refractivity contribution is 7.14. The standard InChI is InChI=1S/C19H16N2OS/c1-19(2,16-9-5-6-12-20-16)21-18(22)17-14-8-4-3-7-13(14)10-11-15(17)23-21/h3-12H,1-2H3. The molecule has 2 aromatic carbocycles. The number of rotatable bonds is 2. The van der Waals surface area contributed by atoms with Crippen LogP contribution in [0.25, 0.3) is 20.9 Å². The predicted octanol–water partition coefficient (Wildman–Crippen LogP) is 4.39. The van der Waals surface area contributed by atoms with Gasteiger partial charge >= 0.3 is 0 Å². The lowest BCUT2D eigenvalue weighted by Gasteiger charge is -2.24.